The van der Waals surface area contributed by atoms with Gasteiger partial charge in [-0.05, 0) is 43.5 Å². The molecule has 2 unspecified atom stereocenters. The molecule has 1 aromatic heterocycles. The lowest BCUT2D eigenvalue weighted by atomic mass is 9.92. The van der Waals surface area contributed by atoms with Gasteiger partial charge in [0.25, 0.3) is 5.91 Å². The second-order valence-electron chi connectivity index (χ2n) is 10.4. The third kappa shape index (κ3) is 4.85. The molecule has 0 fully saturated rings. The van der Waals surface area contributed by atoms with Crippen LogP contribution in [-0.2, 0) is 4.79 Å². The summed E-state index contributed by atoms with van der Waals surface area (Å²) in [7, 11) is 0. The van der Waals surface area contributed by atoms with E-state index in [9.17, 15) is 9.59 Å². The van der Waals surface area contributed by atoms with Crippen molar-refractivity contribution in [2.45, 2.75) is 65.0 Å². The van der Waals surface area contributed by atoms with Crippen molar-refractivity contribution in [1.29, 1.82) is 0 Å². The highest BCUT2D eigenvalue weighted by molar-refractivity contribution is 6.04. The van der Waals surface area contributed by atoms with Gasteiger partial charge in [-0.25, -0.2) is 0 Å². The van der Waals surface area contributed by atoms with Crippen LogP contribution in [0, 0.1) is 6.92 Å². The van der Waals surface area contributed by atoms with Gasteiger partial charge in [-0.1, -0.05) is 98.8 Å². The van der Waals surface area contributed by atoms with Crippen LogP contribution >= 0.6 is 0 Å². The van der Waals surface area contributed by atoms with Crippen molar-refractivity contribution in [3.63, 3.8) is 0 Å². The molecule has 0 spiro atoms. The lowest BCUT2D eigenvalue weighted by Gasteiger charge is -2.31. The molecule has 1 aliphatic heterocycles. The number of para-hydroxylation sites is 1. The molecule has 0 bridgehead atoms. The van der Waals surface area contributed by atoms with E-state index in [2.05, 4.69) is 60.5 Å². The third-order valence-electron chi connectivity index (χ3n) is 7.73. The SMILES string of the molecule is CCCCCCCNC(=O)C(C)N1C(=O)c2ccccc2C1c1c(-c2ccc(C)cc2)[nH]c2ccccc12. The van der Waals surface area contributed by atoms with Crippen molar-refractivity contribution in [3.05, 3.63) is 95.1 Å². The number of H-pyrrole nitrogens is 1. The molecule has 1 aliphatic rings. The molecule has 38 heavy (non-hydrogen) atoms. The van der Waals surface area contributed by atoms with Gasteiger partial charge in [0.2, 0.25) is 5.91 Å². The molecule has 2 atom stereocenters. The van der Waals surface area contributed by atoms with Crippen molar-refractivity contribution in [2.75, 3.05) is 6.54 Å². The number of aryl methyl sites for hydroxylation is 1. The van der Waals surface area contributed by atoms with Gasteiger partial charge in [0.1, 0.15) is 6.04 Å². The summed E-state index contributed by atoms with van der Waals surface area (Å²) < 4.78 is 0. The highest BCUT2D eigenvalue weighted by Crippen LogP contribution is 2.46. The Hall–Kier alpha value is -3.86. The zero-order valence-electron chi connectivity index (χ0n) is 22.6. The number of nitrogens with zero attached hydrogens (tertiary/aromatic N) is 1. The number of hydrogen-bond acceptors (Lipinski definition) is 2. The number of carbonyl (C=O) groups excluding carboxylic acids is 2. The summed E-state index contributed by atoms with van der Waals surface area (Å²) >= 11 is 0. The van der Waals surface area contributed by atoms with E-state index in [1.807, 2.05) is 43.3 Å². The fraction of sp³-hybridized carbons (Fsp3) is 0.333. The fourth-order valence-electron chi connectivity index (χ4n) is 5.64. The van der Waals surface area contributed by atoms with Gasteiger partial charge in [-0.15, -0.1) is 0 Å². The van der Waals surface area contributed by atoms with E-state index in [0.29, 0.717) is 12.1 Å². The van der Waals surface area contributed by atoms with E-state index in [1.165, 1.54) is 24.8 Å². The minimum atomic E-state index is -0.616. The van der Waals surface area contributed by atoms with Crippen molar-refractivity contribution in [3.8, 4) is 11.3 Å². The van der Waals surface area contributed by atoms with Crippen LogP contribution in [-0.4, -0.2) is 34.3 Å². The number of aromatic amines is 1. The fourth-order valence-corrected chi connectivity index (χ4v) is 5.64. The monoisotopic (exact) mass is 507 g/mol. The Balaban J connectivity index is 1.55. The molecule has 2 N–H and O–H groups in total. The van der Waals surface area contributed by atoms with Gasteiger partial charge in [0.15, 0.2) is 0 Å². The van der Waals surface area contributed by atoms with Crippen molar-refractivity contribution in [2.24, 2.45) is 0 Å². The van der Waals surface area contributed by atoms with E-state index in [0.717, 1.165) is 46.1 Å². The molecule has 196 valence electrons. The minimum Gasteiger partial charge on any atom is -0.354 e. The highest BCUT2D eigenvalue weighted by Gasteiger charge is 2.44. The van der Waals surface area contributed by atoms with Gasteiger partial charge < -0.3 is 15.2 Å². The molecule has 2 heterocycles. The number of aromatic nitrogens is 1. The average Bonchev–Trinajstić information content (AvgIpc) is 3.45. The number of hydrogen-bond donors (Lipinski definition) is 2. The maximum Gasteiger partial charge on any atom is 0.255 e. The molecule has 2 amide bonds. The zero-order chi connectivity index (χ0) is 26.6. The van der Waals surface area contributed by atoms with E-state index < -0.39 is 6.04 Å². The van der Waals surface area contributed by atoms with E-state index in [-0.39, 0.29) is 17.9 Å². The molecule has 0 saturated heterocycles. The Kier molecular flexibility index (Phi) is 7.64. The predicted octanol–water partition coefficient (Wildman–Crippen LogP) is 7.16. The van der Waals surface area contributed by atoms with Crippen molar-refractivity contribution in [1.82, 2.24) is 15.2 Å². The molecule has 3 aromatic carbocycles. The molecular formula is C33H37N3O2. The Bertz CT molecular complexity index is 1440. The Morgan fingerprint density at radius 2 is 1.66 bits per heavy atom. The predicted molar refractivity (Wildman–Crippen MR) is 154 cm³/mol. The van der Waals surface area contributed by atoms with Gasteiger partial charge in [-0.2, -0.15) is 0 Å². The molecule has 0 radical (unpaired) electrons. The standard InChI is InChI=1S/C33H37N3O2/c1-4-5-6-7-12-21-34-32(37)23(3)36-31(25-13-8-9-14-26(25)33(36)38)29-27-15-10-11-16-28(27)35-30(29)24-19-17-22(2)18-20-24/h8-11,13-20,23,31,35H,4-7,12,21H2,1-3H3,(H,34,37). The van der Waals surface area contributed by atoms with E-state index >= 15 is 0 Å². The third-order valence-corrected chi connectivity index (χ3v) is 7.73. The summed E-state index contributed by atoms with van der Waals surface area (Å²) in [6.45, 7) is 6.76. The first-order valence-corrected chi connectivity index (χ1v) is 13.9. The first-order chi connectivity index (χ1) is 18.5. The molecule has 4 aromatic rings. The van der Waals surface area contributed by atoms with Crippen molar-refractivity contribution >= 4 is 22.7 Å². The van der Waals surface area contributed by atoms with Gasteiger partial charge >= 0.3 is 0 Å². The smallest absolute Gasteiger partial charge is 0.255 e. The van der Waals surface area contributed by atoms with Crippen LogP contribution in [0.1, 0.15) is 79.0 Å². The van der Waals surface area contributed by atoms with Gasteiger partial charge in [-0.3, -0.25) is 9.59 Å². The first kappa shape index (κ1) is 25.8. The maximum absolute atomic E-state index is 13.9. The Morgan fingerprint density at radius 1 is 0.947 bits per heavy atom. The normalized spacial score (nSPS) is 15.6. The van der Waals surface area contributed by atoms with Gasteiger partial charge in [0.05, 0.1) is 11.7 Å². The molecular weight excluding hydrogens is 470 g/mol. The molecule has 0 aliphatic carbocycles. The summed E-state index contributed by atoms with van der Waals surface area (Å²) in [5.74, 6) is -0.209. The van der Waals surface area contributed by atoms with Crippen LogP contribution in [0.25, 0.3) is 22.2 Å². The lowest BCUT2D eigenvalue weighted by molar-refractivity contribution is -0.125. The topological polar surface area (TPSA) is 65.2 Å². The Morgan fingerprint density at radius 3 is 2.45 bits per heavy atom. The minimum absolute atomic E-state index is 0.101. The van der Waals surface area contributed by atoms with Crippen LogP contribution in [0.15, 0.2) is 72.8 Å². The largest absolute Gasteiger partial charge is 0.354 e. The second-order valence-corrected chi connectivity index (χ2v) is 10.4. The number of nitrogens with one attached hydrogen (secondary N) is 2. The van der Waals surface area contributed by atoms with Crippen LogP contribution < -0.4 is 5.32 Å². The second kappa shape index (κ2) is 11.3. The number of unbranched alkanes of at least 4 members (excludes halogenated alkanes) is 4. The highest BCUT2D eigenvalue weighted by atomic mass is 16.2. The molecule has 5 heteroatoms. The van der Waals surface area contributed by atoms with E-state index in [4.69, 9.17) is 0 Å². The molecule has 5 rings (SSSR count). The lowest BCUT2D eigenvalue weighted by Crippen LogP contribution is -2.47. The van der Waals surface area contributed by atoms with E-state index in [1.54, 1.807) is 4.90 Å². The van der Waals surface area contributed by atoms with Crippen molar-refractivity contribution < 1.29 is 9.59 Å². The quantitative estimate of drug-likeness (QED) is 0.224. The molecule has 0 saturated carbocycles. The maximum atomic E-state index is 13.9. The Labute approximate surface area is 225 Å². The number of carbonyl (C=O) groups is 2. The number of benzene rings is 3. The van der Waals surface area contributed by atoms with Crippen LogP contribution in [0.5, 0.6) is 0 Å². The summed E-state index contributed by atoms with van der Waals surface area (Å²) in [6, 6.07) is 23.4. The number of amides is 2. The number of rotatable bonds is 10. The summed E-state index contributed by atoms with van der Waals surface area (Å²) in [4.78, 5) is 32.6. The van der Waals surface area contributed by atoms with Crippen LogP contribution in [0.4, 0.5) is 0 Å². The van der Waals surface area contributed by atoms with Crippen LogP contribution in [0.2, 0.25) is 0 Å². The number of fused-ring (bicyclic) bond motifs is 2. The average molecular weight is 508 g/mol. The summed E-state index contributed by atoms with van der Waals surface area (Å²) in [5.41, 5.74) is 6.87. The summed E-state index contributed by atoms with van der Waals surface area (Å²) in [6.07, 6.45) is 5.66. The summed E-state index contributed by atoms with van der Waals surface area (Å²) in [5, 5.41) is 4.16. The molecule has 5 nitrogen and oxygen atoms in total. The first-order valence-electron chi connectivity index (χ1n) is 13.9. The zero-order valence-corrected chi connectivity index (χ0v) is 22.6. The van der Waals surface area contributed by atoms with Gasteiger partial charge in [0, 0.05) is 28.6 Å². The van der Waals surface area contributed by atoms with Crippen LogP contribution in [0.3, 0.4) is 0 Å².